The molecule has 152 valence electrons. The van der Waals surface area contributed by atoms with Crippen molar-refractivity contribution in [2.75, 3.05) is 40.3 Å². The molecule has 1 aliphatic heterocycles. The minimum Gasteiger partial charge on any atom is -0.496 e. The summed E-state index contributed by atoms with van der Waals surface area (Å²) in [5, 5.41) is 12.2. The number of methoxy groups -OCH3 is 1. The Kier molecular flexibility index (Phi) is 5.67. The van der Waals surface area contributed by atoms with Crippen molar-refractivity contribution in [3.8, 4) is 5.75 Å². The number of para-hydroxylation sites is 2. The topological polar surface area (TPSA) is 68.8 Å². The third-order valence-corrected chi connectivity index (χ3v) is 5.81. The standard InChI is InChI=1S/C23H27N3O3/c1-25-11-13-26(14-12-25)21(17-8-4-6-10-20(17)29-2)23(28)22(27)18-15-24-19-9-5-3-7-16(18)19/h3-10,15,21,23-24,28H,11-14H2,1-2H3/t21-,23+/m1/s1. The van der Waals surface area contributed by atoms with E-state index < -0.39 is 12.1 Å². The highest BCUT2D eigenvalue weighted by molar-refractivity contribution is 6.10. The van der Waals surface area contributed by atoms with Gasteiger partial charge in [-0.3, -0.25) is 9.69 Å². The normalized spacial score (nSPS) is 17.9. The summed E-state index contributed by atoms with van der Waals surface area (Å²) in [5.74, 6) is 0.402. The van der Waals surface area contributed by atoms with Gasteiger partial charge in [0, 0.05) is 54.4 Å². The van der Waals surface area contributed by atoms with Crippen molar-refractivity contribution in [2.24, 2.45) is 0 Å². The fourth-order valence-corrected chi connectivity index (χ4v) is 4.16. The van der Waals surface area contributed by atoms with Gasteiger partial charge in [-0.25, -0.2) is 0 Å². The summed E-state index contributed by atoms with van der Waals surface area (Å²) in [4.78, 5) is 21.0. The molecule has 0 spiro atoms. The van der Waals surface area contributed by atoms with Gasteiger partial charge in [-0.1, -0.05) is 36.4 Å². The molecule has 2 atom stereocenters. The lowest BCUT2D eigenvalue weighted by Gasteiger charge is -2.40. The summed E-state index contributed by atoms with van der Waals surface area (Å²) in [5.41, 5.74) is 2.24. The van der Waals surface area contributed by atoms with Crippen LogP contribution in [0.15, 0.2) is 54.7 Å². The molecule has 0 radical (unpaired) electrons. The van der Waals surface area contributed by atoms with Crippen LogP contribution in [0.2, 0.25) is 0 Å². The Bertz CT molecular complexity index is 992. The van der Waals surface area contributed by atoms with E-state index in [9.17, 15) is 9.90 Å². The summed E-state index contributed by atoms with van der Waals surface area (Å²) >= 11 is 0. The molecule has 6 nitrogen and oxygen atoms in total. The quantitative estimate of drug-likeness (QED) is 0.631. The second kappa shape index (κ2) is 8.37. The first-order valence-corrected chi connectivity index (χ1v) is 9.94. The highest BCUT2D eigenvalue weighted by atomic mass is 16.5. The molecule has 1 aromatic heterocycles. The number of Topliss-reactive ketones (excluding diaryl/α,β-unsaturated/α-hetero) is 1. The molecule has 3 aromatic rings. The number of ether oxygens (including phenoxy) is 1. The van der Waals surface area contributed by atoms with Crippen LogP contribution in [-0.2, 0) is 0 Å². The number of carbonyl (C=O) groups is 1. The number of nitrogens with one attached hydrogen (secondary N) is 1. The van der Waals surface area contributed by atoms with Crippen LogP contribution in [0.3, 0.4) is 0 Å². The van der Waals surface area contributed by atoms with E-state index in [-0.39, 0.29) is 5.78 Å². The van der Waals surface area contributed by atoms with Gasteiger partial charge in [-0.2, -0.15) is 0 Å². The van der Waals surface area contributed by atoms with E-state index in [0.29, 0.717) is 11.3 Å². The predicted molar refractivity (Wildman–Crippen MR) is 113 cm³/mol. The first-order chi connectivity index (χ1) is 14.1. The van der Waals surface area contributed by atoms with E-state index in [1.807, 2.05) is 48.5 Å². The van der Waals surface area contributed by atoms with Crippen LogP contribution in [0.4, 0.5) is 0 Å². The Labute approximate surface area is 170 Å². The lowest BCUT2D eigenvalue weighted by molar-refractivity contribution is 0.0220. The number of rotatable bonds is 6. The van der Waals surface area contributed by atoms with E-state index in [1.165, 1.54) is 0 Å². The number of aliphatic hydroxyl groups excluding tert-OH is 1. The molecule has 6 heteroatoms. The molecule has 1 saturated heterocycles. The summed E-state index contributed by atoms with van der Waals surface area (Å²) < 4.78 is 5.56. The molecular formula is C23H27N3O3. The van der Waals surface area contributed by atoms with Crippen molar-refractivity contribution in [2.45, 2.75) is 12.1 Å². The third kappa shape index (κ3) is 3.79. The van der Waals surface area contributed by atoms with Crippen LogP contribution in [0.1, 0.15) is 22.0 Å². The van der Waals surface area contributed by atoms with Gasteiger partial charge in [-0.05, 0) is 19.2 Å². The zero-order chi connectivity index (χ0) is 20.4. The number of hydrogen-bond donors (Lipinski definition) is 2. The number of carbonyl (C=O) groups excluding carboxylic acids is 1. The number of hydrogen-bond acceptors (Lipinski definition) is 5. The Morgan fingerprint density at radius 3 is 2.52 bits per heavy atom. The second-order valence-electron chi connectivity index (χ2n) is 7.58. The number of aliphatic hydroxyl groups is 1. The Morgan fingerprint density at radius 2 is 1.76 bits per heavy atom. The van der Waals surface area contributed by atoms with Gasteiger partial charge in [0.25, 0.3) is 0 Å². The molecular weight excluding hydrogens is 366 g/mol. The van der Waals surface area contributed by atoms with Gasteiger partial charge in [0.2, 0.25) is 0 Å². The molecule has 0 amide bonds. The molecule has 29 heavy (non-hydrogen) atoms. The molecule has 0 aliphatic carbocycles. The third-order valence-electron chi connectivity index (χ3n) is 5.81. The highest BCUT2D eigenvalue weighted by Crippen LogP contribution is 2.34. The molecule has 4 rings (SSSR count). The molecule has 2 N–H and O–H groups in total. The van der Waals surface area contributed by atoms with Crippen molar-refractivity contribution in [3.63, 3.8) is 0 Å². The van der Waals surface area contributed by atoms with Crippen molar-refractivity contribution < 1.29 is 14.6 Å². The number of ketones is 1. The SMILES string of the molecule is COc1ccccc1[C@H]([C@H](O)C(=O)c1c[nH]c2ccccc12)N1CCN(C)CC1. The molecule has 2 heterocycles. The first-order valence-electron chi connectivity index (χ1n) is 9.94. The number of benzene rings is 2. The van der Waals surface area contributed by atoms with Crippen LogP contribution in [-0.4, -0.2) is 72.1 Å². The van der Waals surface area contributed by atoms with Crippen molar-refractivity contribution in [1.29, 1.82) is 0 Å². The minimum atomic E-state index is -1.20. The van der Waals surface area contributed by atoms with Gasteiger partial charge in [0.1, 0.15) is 11.9 Å². The fraction of sp³-hybridized carbons (Fsp3) is 0.348. The number of nitrogens with zero attached hydrogens (tertiary/aromatic N) is 2. The Hall–Kier alpha value is -2.67. The van der Waals surface area contributed by atoms with E-state index >= 15 is 0 Å². The number of fused-ring (bicyclic) bond motifs is 1. The van der Waals surface area contributed by atoms with Crippen molar-refractivity contribution in [1.82, 2.24) is 14.8 Å². The number of piperazine rings is 1. The van der Waals surface area contributed by atoms with Gasteiger partial charge in [0.05, 0.1) is 13.2 Å². The van der Waals surface area contributed by atoms with Crippen LogP contribution in [0.25, 0.3) is 10.9 Å². The smallest absolute Gasteiger partial charge is 0.195 e. The van der Waals surface area contributed by atoms with Crippen LogP contribution >= 0.6 is 0 Å². The maximum Gasteiger partial charge on any atom is 0.195 e. The van der Waals surface area contributed by atoms with Crippen LogP contribution < -0.4 is 4.74 Å². The summed E-state index contributed by atoms with van der Waals surface area (Å²) in [6.45, 7) is 3.33. The summed E-state index contributed by atoms with van der Waals surface area (Å²) in [7, 11) is 3.71. The van der Waals surface area contributed by atoms with E-state index in [0.717, 1.165) is 42.6 Å². The Balaban J connectivity index is 1.72. The number of likely N-dealkylation sites (N-methyl/N-ethyl adjacent to an activating group) is 1. The summed E-state index contributed by atoms with van der Waals surface area (Å²) in [6.07, 6.45) is 0.494. The van der Waals surface area contributed by atoms with Gasteiger partial charge >= 0.3 is 0 Å². The van der Waals surface area contributed by atoms with Crippen molar-refractivity contribution >= 4 is 16.7 Å². The molecule has 2 aromatic carbocycles. The lowest BCUT2D eigenvalue weighted by Crippen LogP contribution is -2.50. The largest absolute Gasteiger partial charge is 0.496 e. The number of H-pyrrole nitrogens is 1. The Morgan fingerprint density at radius 1 is 1.07 bits per heavy atom. The van der Waals surface area contributed by atoms with E-state index in [2.05, 4.69) is 21.8 Å². The van der Waals surface area contributed by atoms with Crippen molar-refractivity contribution in [3.05, 3.63) is 65.9 Å². The maximum absolute atomic E-state index is 13.4. The summed E-state index contributed by atoms with van der Waals surface area (Å²) in [6, 6.07) is 14.8. The number of aromatic amines is 1. The zero-order valence-corrected chi connectivity index (χ0v) is 16.8. The van der Waals surface area contributed by atoms with E-state index in [1.54, 1.807) is 13.3 Å². The number of aromatic nitrogens is 1. The minimum absolute atomic E-state index is 0.280. The maximum atomic E-state index is 13.4. The monoisotopic (exact) mass is 393 g/mol. The molecule has 0 saturated carbocycles. The highest BCUT2D eigenvalue weighted by Gasteiger charge is 2.36. The average molecular weight is 393 g/mol. The lowest BCUT2D eigenvalue weighted by atomic mass is 9.92. The average Bonchev–Trinajstić information content (AvgIpc) is 3.19. The zero-order valence-electron chi connectivity index (χ0n) is 16.8. The van der Waals surface area contributed by atoms with Gasteiger partial charge < -0.3 is 19.7 Å². The van der Waals surface area contributed by atoms with Gasteiger partial charge in [-0.15, -0.1) is 0 Å². The molecule has 0 unspecified atom stereocenters. The molecule has 1 aliphatic rings. The van der Waals surface area contributed by atoms with Crippen LogP contribution in [0, 0.1) is 0 Å². The predicted octanol–water partition coefficient (Wildman–Crippen LogP) is 2.71. The molecule has 1 fully saturated rings. The second-order valence-corrected chi connectivity index (χ2v) is 7.58. The van der Waals surface area contributed by atoms with Crippen LogP contribution in [0.5, 0.6) is 5.75 Å². The van der Waals surface area contributed by atoms with Gasteiger partial charge in [0.15, 0.2) is 5.78 Å². The molecule has 0 bridgehead atoms. The van der Waals surface area contributed by atoms with E-state index in [4.69, 9.17) is 4.74 Å². The fourth-order valence-electron chi connectivity index (χ4n) is 4.16. The first kappa shape index (κ1) is 19.6.